The zero-order valence-corrected chi connectivity index (χ0v) is 11.2. The number of nitrogens with one attached hydrogen (secondary N) is 1. The highest BCUT2D eigenvalue weighted by Crippen LogP contribution is 2.15. The van der Waals surface area contributed by atoms with Gasteiger partial charge in [0.15, 0.2) is 0 Å². The molecule has 0 radical (unpaired) electrons. The molecule has 0 unspecified atom stereocenters. The highest BCUT2D eigenvalue weighted by Gasteiger charge is 2.11. The summed E-state index contributed by atoms with van der Waals surface area (Å²) in [5.74, 6) is 0.0482. The van der Waals surface area contributed by atoms with E-state index in [2.05, 4.69) is 4.98 Å². The molecule has 2 N–H and O–H groups in total. The molecule has 0 atom stereocenters. The molecule has 0 spiro atoms. The molecule has 0 aliphatic rings. The molecule has 1 heterocycles. The first-order chi connectivity index (χ1) is 9.22. The highest BCUT2D eigenvalue weighted by atomic mass is 16.2. The van der Waals surface area contributed by atoms with Gasteiger partial charge < -0.3 is 15.0 Å². The van der Waals surface area contributed by atoms with Crippen LogP contribution in [0.3, 0.4) is 0 Å². The summed E-state index contributed by atoms with van der Waals surface area (Å²) < 4.78 is 0. The third-order valence-corrected chi connectivity index (χ3v) is 3.30. The maximum absolute atomic E-state index is 12.2. The number of aromatic nitrogens is 1. The summed E-state index contributed by atoms with van der Waals surface area (Å²) in [6.07, 6.45) is 4.55. The van der Waals surface area contributed by atoms with Crippen LogP contribution in [0.15, 0.2) is 30.5 Å². The predicted octanol–water partition coefficient (Wildman–Crippen LogP) is 2.40. The molecule has 19 heavy (non-hydrogen) atoms. The van der Waals surface area contributed by atoms with Gasteiger partial charge >= 0.3 is 0 Å². The Hall–Kier alpha value is -1.81. The molecule has 1 aromatic heterocycles. The zero-order valence-electron chi connectivity index (χ0n) is 11.2. The molecular weight excluding hydrogens is 240 g/mol. The minimum atomic E-state index is 0.0482. The molecule has 4 nitrogen and oxygen atoms in total. The summed E-state index contributed by atoms with van der Waals surface area (Å²) in [6.45, 7) is 0.950. The van der Waals surface area contributed by atoms with E-state index in [4.69, 9.17) is 5.11 Å². The lowest BCUT2D eigenvalue weighted by molar-refractivity contribution is 0.0792. The minimum absolute atomic E-state index is 0.0482. The maximum Gasteiger partial charge on any atom is 0.253 e. The first kappa shape index (κ1) is 13.6. The van der Waals surface area contributed by atoms with Crippen molar-refractivity contribution in [3.63, 3.8) is 0 Å². The lowest BCUT2D eigenvalue weighted by Gasteiger charge is -2.17. The summed E-state index contributed by atoms with van der Waals surface area (Å²) in [6, 6.07) is 7.67. The van der Waals surface area contributed by atoms with E-state index >= 15 is 0 Å². The molecule has 0 aliphatic heterocycles. The lowest BCUT2D eigenvalue weighted by Crippen LogP contribution is -2.27. The van der Waals surface area contributed by atoms with Gasteiger partial charge in [0.1, 0.15) is 0 Å². The molecule has 102 valence electrons. The van der Waals surface area contributed by atoms with Crippen LogP contribution in [0.5, 0.6) is 0 Å². The van der Waals surface area contributed by atoms with E-state index in [0.29, 0.717) is 0 Å². The standard InChI is InChI=1S/C15H20N2O2/c1-17(9-3-2-4-10-18)15(19)13-5-6-14-12(11-13)7-8-16-14/h5-8,11,16,18H,2-4,9-10H2,1H3. The lowest BCUT2D eigenvalue weighted by atomic mass is 10.1. The van der Waals surface area contributed by atoms with Crippen LogP contribution in [0.4, 0.5) is 0 Å². The van der Waals surface area contributed by atoms with E-state index < -0.39 is 0 Å². The molecule has 0 saturated carbocycles. The maximum atomic E-state index is 12.2. The van der Waals surface area contributed by atoms with Crippen LogP contribution in [-0.4, -0.2) is 41.1 Å². The second-order valence-corrected chi connectivity index (χ2v) is 4.79. The number of aromatic amines is 1. The van der Waals surface area contributed by atoms with E-state index in [-0.39, 0.29) is 12.5 Å². The van der Waals surface area contributed by atoms with Crippen LogP contribution in [0.1, 0.15) is 29.6 Å². The van der Waals surface area contributed by atoms with Gasteiger partial charge in [0, 0.05) is 42.9 Å². The van der Waals surface area contributed by atoms with Crippen molar-refractivity contribution in [1.29, 1.82) is 0 Å². The summed E-state index contributed by atoms with van der Waals surface area (Å²) >= 11 is 0. The van der Waals surface area contributed by atoms with Crippen molar-refractivity contribution in [1.82, 2.24) is 9.88 Å². The molecule has 1 amide bonds. The van der Waals surface area contributed by atoms with E-state index in [0.717, 1.165) is 42.3 Å². The van der Waals surface area contributed by atoms with E-state index in [1.807, 2.05) is 37.5 Å². The van der Waals surface area contributed by atoms with Gasteiger partial charge in [0.2, 0.25) is 0 Å². The molecule has 4 heteroatoms. The van der Waals surface area contributed by atoms with Gasteiger partial charge in [-0.1, -0.05) is 0 Å². The van der Waals surface area contributed by atoms with Crippen LogP contribution in [0.25, 0.3) is 10.9 Å². The Kier molecular flexibility index (Phi) is 4.58. The van der Waals surface area contributed by atoms with Crippen LogP contribution < -0.4 is 0 Å². The molecule has 0 saturated heterocycles. The van der Waals surface area contributed by atoms with Crippen molar-refractivity contribution in [2.75, 3.05) is 20.2 Å². The second-order valence-electron chi connectivity index (χ2n) is 4.79. The summed E-state index contributed by atoms with van der Waals surface area (Å²) in [5, 5.41) is 9.77. The van der Waals surface area contributed by atoms with Crippen molar-refractivity contribution < 1.29 is 9.90 Å². The number of rotatable bonds is 6. The third-order valence-electron chi connectivity index (χ3n) is 3.30. The Morgan fingerprint density at radius 2 is 2.11 bits per heavy atom. The number of aliphatic hydroxyl groups is 1. The monoisotopic (exact) mass is 260 g/mol. The fraction of sp³-hybridized carbons (Fsp3) is 0.400. The number of benzene rings is 1. The summed E-state index contributed by atoms with van der Waals surface area (Å²) in [7, 11) is 1.82. The number of unbranched alkanes of at least 4 members (excludes halogenated alkanes) is 2. The fourth-order valence-corrected chi connectivity index (χ4v) is 2.15. The van der Waals surface area contributed by atoms with E-state index in [9.17, 15) is 4.79 Å². The zero-order chi connectivity index (χ0) is 13.7. The molecule has 0 fully saturated rings. The number of amides is 1. The molecule has 1 aromatic carbocycles. The Labute approximate surface area is 113 Å². The molecule has 0 aliphatic carbocycles. The summed E-state index contributed by atoms with van der Waals surface area (Å²) in [5.41, 5.74) is 1.76. The normalized spacial score (nSPS) is 10.8. The smallest absolute Gasteiger partial charge is 0.253 e. The topological polar surface area (TPSA) is 56.3 Å². The van der Waals surface area contributed by atoms with Gasteiger partial charge in [-0.3, -0.25) is 4.79 Å². The molecule has 0 bridgehead atoms. The van der Waals surface area contributed by atoms with Crippen molar-refractivity contribution in [3.8, 4) is 0 Å². The van der Waals surface area contributed by atoms with Gasteiger partial charge in [-0.25, -0.2) is 0 Å². The summed E-state index contributed by atoms with van der Waals surface area (Å²) in [4.78, 5) is 17.1. The number of nitrogens with zero attached hydrogens (tertiary/aromatic N) is 1. The van der Waals surface area contributed by atoms with E-state index in [1.54, 1.807) is 4.90 Å². The van der Waals surface area contributed by atoms with Crippen LogP contribution in [0, 0.1) is 0 Å². The quantitative estimate of drug-likeness (QED) is 0.784. The van der Waals surface area contributed by atoms with Crippen molar-refractivity contribution in [2.24, 2.45) is 0 Å². The third kappa shape index (κ3) is 3.35. The van der Waals surface area contributed by atoms with Crippen molar-refractivity contribution in [2.45, 2.75) is 19.3 Å². The second kappa shape index (κ2) is 6.38. The van der Waals surface area contributed by atoms with Crippen LogP contribution in [-0.2, 0) is 0 Å². The van der Waals surface area contributed by atoms with Gasteiger partial charge in [-0.15, -0.1) is 0 Å². The van der Waals surface area contributed by atoms with Crippen molar-refractivity contribution >= 4 is 16.8 Å². The number of hydrogen-bond acceptors (Lipinski definition) is 2. The number of carbonyl (C=O) groups excluding carboxylic acids is 1. The molecule has 2 rings (SSSR count). The SMILES string of the molecule is CN(CCCCCO)C(=O)c1ccc2[nH]ccc2c1. The average Bonchev–Trinajstić information content (AvgIpc) is 2.89. The first-order valence-corrected chi connectivity index (χ1v) is 6.66. The molecule has 2 aromatic rings. The Balaban J connectivity index is 1.97. The van der Waals surface area contributed by atoms with Gasteiger partial charge in [-0.2, -0.15) is 0 Å². The number of H-pyrrole nitrogens is 1. The number of fused-ring (bicyclic) bond motifs is 1. The fourth-order valence-electron chi connectivity index (χ4n) is 2.15. The minimum Gasteiger partial charge on any atom is -0.396 e. The largest absolute Gasteiger partial charge is 0.396 e. The number of carbonyl (C=O) groups is 1. The van der Waals surface area contributed by atoms with Crippen molar-refractivity contribution in [3.05, 3.63) is 36.0 Å². The first-order valence-electron chi connectivity index (χ1n) is 6.66. The predicted molar refractivity (Wildman–Crippen MR) is 76.2 cm³/mol. The number of aliphatic hydroxyl groups excluding tert-OH is 1. The number of hydrogen-bond donors (Lipinski definition) is 2. The Morgan fingerprint density at radius 3 is 2.89 bits per heavy atom. The average molecular weight is 260 g/mol. The van der Waals surface area contributed by atoms with Crippen LogP contribution in [0.2, 0.25) is 0 Å². The van der Waals surface area contributed by atoms with Gasteiger partial charge in [0.25, 0.3) is 5.91 Å². The Bertz CT molecular complexity index is 548. The molecular formula is C15H20N2O2. The van der Waals surface area contributed by atoms with E-state index in [1.165, 1.54) is 0 Å². The van der Waals surface area contributed by atoms with Gasteiger partial charge in [0.05, 0.1) is 0 Å². The highest BCUT2D eigenvalue weighted by molar-refractivity contribution is 5.97. The van der Waals surface area contributed by atoms with Gasteiger partial charge in [-0.05, 0) is 43.5 Å². The Morgan fingerprint density at radius 1 is 1.26 bits per heavy atom. The van der Waals surface area contributed by atoms with Crippen LogP contribution >= 0.6 is 0 Å².